The average Bonchev–Trinajstić information content (AvgIpc) is 2.75. The Morgan fingerprint density at radius 1 is 1.11 bits per heavy atom. The zero-order chi connectivity index (χ0) is 13.2. The summed E-state index contributed by atoms with van der Waals surface area (Å²) in [5.74, 6) is 0.659. The number of ether oxygens (including phenoxy) is 1. The van der Waals surface area contributed by atoms with E-state index in [9.17, 15) is 4.79 Å². The largest absolute Gasteiger partial charge is 0.497 e. The Morgan fingerprint density at radius 2 is 1.89 bits per heavy atom. The van der Waals surface area contributed by atoms with Crippen molar-refractivity contribution < 1.29 is 9.53 Å². The third-order valence-corrected chi connectivity index (χ3v) is 3.12. The van der Waals surface area contributed by atoms with E-state index in [1.54, 1.807) is 7.11 Å². The summed E-state index contributed by atoms with van der Waals surface area (Å²) in [7, 11) is 1.61. The van der Waals surface area contributed by atoms with E-state index in [0.717, 1.165) is 22.6 Å². The van der Waals surface area contributed by atoms with Gasteiger partial charge in [-0.2, -0.15) is 0 Å². The van der Waals surface area contributed by atoms with Crippen molar-refractivity contribution in [2.45, 2.75) is 0 Å². The molecule has 0 aliphatic carbocycles. The van der Waals surface area contributed by atoms with E-state index in [2.05, 4.69) is 5.32 Å². The predicted octanol–water partition coefficient (Wildman–Crippen LogP) is 3.19. The van der Waals surface area contributed by atoms with Gasteiger partial charge in [0, 0.05) is 17.2 Å². The highest BCUT2D eigenvalue weighted by Gasteiger charge is 2.24. The fourth-order valence-corrected chi connectivity index (χ4v) is 2.16. The Kier molecular flexibility index (Phi) is 2.80. The highest BCUT2D eigenvalue weighted by Crippen LogP contribution is 2.35. The molecule has 1 heterocycles. The third-order valence-electron chi connectivity index (χ3n) is 3.12. The van der Waals surface area contributed by atoms with Crippen LogP contribution in [-0.2, 0) is 4.79 Å². The van der Waals surface area contributed by atoms with Gasteiger partial charge in [-0.3, -0.25) is 4.79 Å². The van der Waals surface area contributed by atoms with E-state index in [4.69, 9.17) is 4.74 Å². The number of hydrogen-bond donors (Lipinski definition) is 1. The Hall–Kier alpha value is -2.55. The molecule has 0 saturated carbocycles. The molecule has 2 aromatic carbocycles. The Bertz CT molecular complexity index is 660. The second kappa shape index (κ2) is 4.61. The molecular weight excluding hydrogens is 238 g/mol. The van der Waals surface area contributed by atoms with Crippen LogP contribution in [0.1, 0.15) is 11.1 Å². The quantitative estimate of drug-likeness (QED) is 0.832. The maximum absolute atomic E-state index is 12.0. The number of rotatable bonds is 2. The van der Waals surface area contributed by atoms with E-state index < -0.39 is 0 Å². The van der Waals surface area contributed by atoms with Crippen LogP contribution in [0.3, 0.4) is 0 Å². The molecular formula is C16H13NO2. The molecule has 0 radical (unpaired) electrons. The lowest BCUT2D eigenvalue weighted by molar-refractivity contribution is -0.110. The first-order chi connectivity index (χ1) is 9.28. The van der Waals surface area contributed by atoms with Crippen LogP contribution < -0.4 is 10.1 Å². The monoisotopic (exact) mass is 251 g/mol. The number of amides is 1. The van der Waals surface area contributed by atoms with Crippen molar-refractivity contribution in [1.29, 1.82) is 0 Å². The zero-order valence-electron chi connectivity index (χ0n) is 10.5. The van der Waals surface area contributed by atoms with Crippen LogP contribution in [0.5, 0.6) is 5.75 Å². The van der Waals surface area contributed by atoms with Crippen LogP contribution in [0.2, 0.25) is 0 Å². The molecule has 19 heavy (non-hydrogen) atoms. The summed E-state index contributed by atoms with van der Waals surface area (Å²) in [5, 5.41) is 2.86. The number of methoxy groups -OCH3 is 1. The highest BCUT2D eigenvalue weighted by molar-refractivity contribution is 6.35. The molecule has 1 aliphatic rings. The lowest BCUT2D eigenvalue weighted by Gasteiger charge is -2.02. The van der Waals surface area contributed by atoms with Crippen LogP contribution in [-0.4, -0.2) is 13.0 Å². The van der Waals surface area contributed by atoms with E-state index in [1.165, 1.54) is 0 Å². The lowest BCUT2D eigenvalue weighted by atomic mass is 10.0. The summed E-state index contributed by atoms with van der Waals surface area (Å²) < 4.78 is 5.16. The van der Waals surface area contributed by atoms with E-state index in [0.29, 0.717) is 5.57 Å². The van der Waals surface area contributed by atoms with Crippen LogP contribution in [0, 0.1) is 0 Å². The number of nitrogens with one attached hydrogen (secondary N) is 1. The number of carbonyl (C=O) groups excluding carboxylic acids is 1. The van der Waals surface area contributed by atoms with Gasteiger partial charge in [0.2, 0.25) is 0 Å². The first-order valence-corrected chi connectivity index (χ1v) is 6.04. The van der Waals surface area contributed by atoms with E-state index >= 15 is 0 Å². The minimum atomic E-state index is -0.0768. The number of fused-ring (bicyclic) bond motifs is 1. The molecule has 3 nitrogen and oxygen atoms in total. The molecule has 1 aliphatic heterocycles. The molecule has 0 saturated heterocycles. The van der Waals surface area contributed by atoms with Crippen molar-refractivity contribution in [2.24, 2.45) is 0 Å². The Morgan fingerprint density at radius 3 is 2.63 bits per heavy atom. The van der Waals surface area contributed by atoms with Crippen LogP contribution in [0.15, 0.2) is 48.5 Å². The van der Waals surface area contributed by atoms with Crippen molar-refractivity contribution in [1.82, 2.24) is 0 Å². The average molecular weight is 251 g/mol. The SMILES string of the molecule is COc1ccc2c(c1)NC(=O)/C2=C/c1ccccc1. The summed E-state index contributed by atoms with van der Waals surface area (Å²) in [5.41, 5.74) is 3.40. The molecule has 1 amide bonds. The minimum absolute atomic E-state index is 0.0768. The molecule has 3 rings (SSSR count). The molecule has 0 atom stereocenters. The fraction of sp³-hybridized carbons (Fsp3) is 0.0625. The molecule has 0 unspecified atom stereocenters. The second-order valence-corrected chi connectivity index (χ2v) is 4.33. The van der Waals surface area contributed by atoms with E-state index in [-0.39, 0.29) is 5.91 Å². The normalized spacial score (nSPS) is 15.2. The zero-order valence-corrected chi connectivity index (χ0v) is 10.5. The van der Waals surface area contributed by atoms with Crippen molar-refractivity contribution in [2.75, 3.05) is 12.4 Å². The lowest BCUT2D eigenvalue weighted by Crippen LogP contribution is -2.03. The smallest absolute Gasteiger partial charge is 0.256 e. The third kappa shape index (κ3) is 2.10. The van der Waals surface area contributed by atoms with Crippen LogP contribution in [0.25, 0.3) is 11.6 Å². The van der Waals surface area contributed by atoms with Gasteiger partial charge in [-0.15, -0.1) is 0 Å². The van der Waals surface area contributed by atoms with Gasteiger partial charge in [0.1, 0.15) is 5.75 Å². The first kappa shape index (κ1) is 11.5. The number of anilines is 1. The summed E-state index contributed by atoms with van der Waals surface area (Å²) in [6.07, 6.45) is 1.90. The molecule has 0 spiro atoms. The summed E-state index contributed by atoms with van der Waals surface area (Å²) >= 11 is 0. The molecule has 3 heteroatoms. The fourth-order valence-electron chi connectivity index (χ4n) is 2.16. The molecule has 0 aromatic heterocycles. The van der Waals surface area contributed by atoms with Gasteiger partial charge in [-0.1, -0.05) is 30.3 Å². The summed E-state index contributed by atoms with van der Waals surface area (Å²) in [6.45, 7) is 0. The van der Waals surface area contributed by atoms with Crippen LogP contribution >= 0.6 is 0 Å². The Labute approximate surface area is 111 Å². The van der Waals surface area contributed by atoms with Crippen molar-refractivity contribution >= 4 is 23.2 Å². The summed E-state index contributed by atoms with van der Waals surface area (Å²) in [4.78, 5) is 12.0. The van der Waals surface area contributed by atoms with Gasteiger partial charge >= 0.3 is 0 Å². The predicted molar refractivity (Wildman–Crippen MR) is 75.9 cm³/mol. The minimum Gasteiger partial charge on any atom is -0.497 e. The van der Waals surface area contributed by atoms with Gasteiger partial charge in [0.15, 0.2) is 0 Å². The maximum atomic E-state index is 12.0. The number of carbonyl (C=O) groups is 1. The van der Waals surface area contributed by atoms with Crippen molar-refractivity contribution in [3.63, 3.8) is 0 Å². The molecule has 0 bridgehead atoms. The standard InChI is InChI=1S/C16H13NO2/c1-19-12-7-8-13-14(16(18)17-15(13)10-12)9-11-5-3-2-4-6-11/h2-10H,1H3,(H,17,18)/b14-9+. The van der Waals surface area contributed by atoms with Gasteiger partial charge in [0.05, 0.1) is 12.8 Å². The van der Waals surface area contributed by atoms with E-state index in [1.807, 2.05) is 54.6 Å². The maximum Gasteiger partial charge on any atom is 0.256 e. The Balaban J connectivity index is 2.06. The topological polar surface area (TPSA) is 38.3 Å². The van der Waals surface area contributed by atoms with Gasteiger partial charge < -0.3 is 10.1 Å². The first-order valence-electron chi connectivity index (χ1n) is 6.04. The van der Waals surface area contributed by atoms with Gasteiger partial charge in [-0.25, -0.2) is 0 Å². The van der Waals surface area contributed by atoms with Gasteiger partial charge in [-0.05, 0) is 23.8 Å². The summed E-state index contributed by atoms with van der Waals surface area (Å²) in [6, 6.07) is 15.4. The van der Waals surface area contributed by atoms with Gasteiger partial charge in [0.25, 0.3) is 5.91 Å². The molecule has 94 valence electrons. The molecule has 2 aromatic rings. The van der Waals surface area contributed by atoms with Crippen molar-refractivity contribution in [3.05, 3.63) is 59.7 Å². The highest BCUT2D eigenvalue weighted by atomic mass is 16.5. The number of benzene rings is 2. The molecule has 0 fully saturated rings. The second-order valence-electron chi connectivity index (χ2n) is 4.33. The molecule has 1 N–H and O–H groups in total. The number of hydrogen-bond acceptors (Lipinski definition) is 2. The van der Waals surface area contributed by atoms with Crippen LogP contribution in [0.4, 0.5) is 5.69 Å². The van der Waals surface area contributed by atoms with Crippen molar-refractivity contribution in [3.8, 4) is 5.75 Å².